The van der Waals surface area contributed by atoms with Gasteiger partial charge in [0.05, 0.1) is 0 Å². The van der Waals surface area contributed by atoms with Crippen LogP contribution in [0.25, 0.3) is 0 Å². The molecule has 5 heteroatoms. The van der Waals surface area contributed by atoms with Crippen LogP contribution < -0.4 is 0 Å². The van der Waals surface area contributed by atoms with E-state index in [1.807, 2.05) is 49.1 Å². The quantitative estimate of drug-likeness (QED) is 0.514. The number of pyridine rings is 2. The molecule has 0 fully saturated rings. The maximum atomic E-state index is 4.88. The molecule has 0 atom stereocenters. The van der Waals surface area contributed by atoms with Gasteiger partial charge in [-0.25, -0.2) is 0 Å². The Balaban J connectivity index is 0.000000322. The Hall–Kier alpha value is -0.432. The first-order valence-electron chi connectivity index (χ1n) is 6.65. The summed E-state index contributed by atoms with van der Waals surface area (Å²) in [6.07, 6.45) is 7.31. The Morgan fingerprint density at radius 2 is 0.952 bits per heavy atom. The zero-order chi connectivity index (χ0) is 16.1. The summed E-state index contributed by atoms with van der Waals surface area (Å²) in [6.45, 7) is 8.70. The second kappa shape index (κ2) is 13.2. The Labute approximate surface area is 144 Å². The molecule has 0 aromatic carbocycles. The van der Waals surface area contributed by atoms with E-state index in [1.54, 1.807) is 0 Å². The first-order valence-corrected chi connectivity index (χ1v) is 12.3. The number of nitrogens with zero attached hydrogens (tertiary/aromatic N) is 2. The van der Waals surface area contributed by atoms with E-state index in [4.69, 9.17) is 18.8 Å². The van der Waals surface area contributed by atoms with Crippen LogP contribution in [0.15, 0.2) is 49.1 Å². The van der Waals surface area contributed by atoms with Crippen molar-refractivity contribution in [2.45, 2.75) is 39.5 Å². The summed E-state index contributed by atoms with van der Waals surface area (Å²) in [5.74, 6) is 1.24. The van der Waals surface area contributed by atoms with Crippen LogP contribution >= 0.6 is 18.8 Å². The van der Waals surface area contributed by atoms with Crippen molar-refractivity contribution in [1.29, 1.82) is 0 Å². The minimum absolute atomic E-state index is 0.472. The van der Waals surface area contributed by atoms with Gasteiger partial charge in [0.15, 0.2) is 0 Å². The second-order valence-corrected chi connectivity index (χ2v) is 8.20. The molecule has 2 rings (SSSR count). The van der Waals surface area contributed by atoms with E-state index in [9.17, 15) is 0 Å². The predicted octanol–water partition coefficient (Wildman–Crippen LogP) is 5.79. The predicted molar refractivity (Wildman–Crippen MR) is 88.4 cm³/mol. The van der Waals surface area contributed by atoms with Crippen LogP contribution in [0, 0.1) is 0 Å². The fraction of sp³-hybridized carbons (Fsp3) is 0.375. The normalized spacial score (nSPS) is 9.71. The molecule has 0 saturated carbocycles. The number of halogens is 2. The first-order chi connectivity index (χ1) is 10.0. The van der Waals surface area contributed by atoms with E-state index in [0.29, 0.717) is 11.8 Å². The van der Waals surface area contributed by atoms with Gasteiger partial charge in [-0.1, -0.05) is 27.7 Å². The third-order valence-electron chi connectivity index (χ3n) is 2.75. The van der Waals surface area contributed by atoms with Gasteiger partial charge in [0, 0.05) is 24.8 Å². The number of hydrogen-bond donors (Lipinski definition) is 0. The molecule has 0 amide bonds. The van der Waals surface area contributed by atoms with Gasteiger partial charge in [-0.3, -0.25) is 9.97 Å². The van der Waals surface area contributed by atoms with E-state index < -0.39 is 16.5 Å². The van der Waals surface area contributed by atoms with Crippen LogP contribution in [0.5, 0.6) is 0 Å². The van der Waals surface area contributed by atoms with Gasteiger partial charge in [-0.15, -0.1) is 0 Å². The molecule has 2 nitrogen and oxygen atoms in total. The Kier molecular flexibility index (Phi) is 13.0. The van der Waals surface area contributed by atoms with Crippen molar-refractivity contribution < 1.29 is 16.5 Å². The van der Waals surface area contributed by atoms with E-state index in [1.165, 1.54) is 11.1 Å². The van der Waals surface area contributed by atoms with Crippen LogP contribution in [0.3, 0.4) is 0 Å². The SMILES string of the molecule is CC(C)c1ccncc1.CC(C)c1ccncc1.[Cl][Pt][Cl]. The third-order valence-corrected chi connectivity index (χ3v) is 2.75. The minimum atomic E-state index is -0.472. The molecule has 0 unspecified atom stereocenters. The molecular weight excluding hydrogens is 486 g/mol. The van der Waals surface area contributed by atoms with Gasteiger partial charge in [0.1, 0.15) is 0 Å². The average molecular weight is 508 g/mol. The molecular formula is C16H22Cl2N2Pt. The van der Waals surface area contributed by atoms with E-state index in [0.717, 1.165) is 0 Å². The van der Waals surface area contributed by atoms with Gasteiger partial charge in [-0.05, 0) is 47.2 Å². The van der Waals surface area contributed by atoms with Crippen molar-refractivity contribution in [1.82, 2.24) is 9.97 Å². The van der Waals surface area contributed by atoms with Crippen molar-refractivity contribution >= 4 is 18.8 Å². The summed E-state index contributed by atoms with van der Waals surface area (Å²) >= 11 is -0.472. The van der Waals surface area contributed by atoms with Gasteiger partial charge < -0.3 is 0 Å². The monoisotopic (exact) mass is 507 g/mol. The van der Waals surface area contributed by atoms with E-state index in [-0.39, 0.29) is 0 Å². The first kappa shape index (κ1) is 20.6. The van der Waals surface area contributed by atoms with E-state index >= 15 is 0 Å². The fourth-order valence-corrected chi connectivity index (χ4v) is 1.50. The number of aromatic nitrogens is 2. The molecule has 0 saturated heterocycles. The number of hydrogen-bond acceptors (Lipinski definition) is 2. The topological polar surface area (TPSA) is 25.8 Å². The van der Waals surface area contributed by atoms with Crippen molar-refractivity contribution in [2.24, 2.45) is 0 Å². The molecule has 0 spiro atoms. The fourth-order valence-electron chi connectivity index (χ4n) is 1.50. The zero-order valence-electron chi connectivity index (χ0n) is 12.7. The van der Waals surface area contributed by atoms with Gasteiger partial charge >= 0.3 is 35.3 Å². The molecule has 120 valence electrons. The summed E-state index contributed by atoms with van der Waals surface area (Å²) in [5.41, 5.74) is 2.70. The van der Waals surface area contributed by atoms with Crippen LogP contribution in [0.4, 0.5) is 0 Å². The van der Waals surface area contributed by atoms with Crippen LogP contribution in [0.2, 0.25) is 0 Å². The Bertz CT molecular complexity index is 407. The molecule has 0 N–H and O–H groups in total. The van der Waals surface area contributed by atoms with Crippen LogP contribution in [0.1, 0.15) is 50.7 Å². The summed E-state index contributed by atoms with van der Waals surface area (Å²) in [4.78, 5) is 7.86. The molecule has 0 bridgehead atoms. The molecule has 0 aliphatic carbocycles. The molecule has 2 aromatic heterocycles. The number of rotatable bonds is 2. The summed E-state index contributed by atoms with van der Waals surface area (Å²) < 4.78 is 0. The van der Waals surface area contributed by atoms with Gasteiger partial charge in [0.25, 0.3) is 0 Å². The molecule has 0 aliphatic heterocycles. The average Bonchev–Trinajstić information content (AvgIpc) is 2.50. The molecule has 2 heterocycles. The molecule has 2 aromatic rings. The summed E-state index contributed by atoms with van der Waals surface area (Å²) in [6, 6.07) is 8.19. The molecule has 0 radical (unpaired) electrons. The van der Waals surface area contributed by atoms with Crippen molar-refractivity contribution in [3.8, 4) is 0 Å². The van der Waals surface area contributed by atoms with Gasteiger partial charge in [0.2, 0.25) is 0 Å². The Morgan fingerprint density at radius 3 is 1.10 bits per heavy atom. The summed E-state index contributed by atoms with van der Waals surface area (Å²) in [5, 5.41) is 0. The van der Waals surface area contributed by atoms with E-state index in [2.05, 4.69) is 37.7 Å². The zero-order valence-corrected chi connectivity index (χ0v) is 16.5. The van der Waals surface area contributed by atoms with Crippen LogP contribution in [-0.4, -0.2) is 9.97 Å². The molecule has 21 heavy (non-hydrogen) atoms. The maximum absolute atomic E-state index is 4.88. The van der Waals surface area contributed by atoms with Gasteiger partial charge in [-0.2, -0.15) is 0 Å². The molecule has 0 aliphatic rings. The van der Waals surface area contributed by atoms with Crippen molar-refractivity contribution in [2.75, 3.05) is 0 Å². The second-order valence-electron chi connectivity index (χ2n) is 4.92. The Morgan fingerprint density at radius 1 is 0.714 bits per heavy atom. The van der Waals surface area contributed by atoms with Crippen molar-refractivity contribution in [3.05, 3.63) is 60.2 Å². The standard InChI is InChI=1S/2C8H11N.2ClH.Pt/c2*1-7(2)8-3-5-9-6-4-8;;;/h2*3-7H,1-2H3;2*1H;/q;;;;+2/p-2. The van der Waals surface area contributed by atoms with Crippen LogP contribution in [-0.2, 0) is 16.5 Å². The van der Waals surface area contributed by atoms with Crippen molar-refractivity contribution in [3.63, 3.8) is 0 Å². The third kappa shape index (κ3) is 10.9. The summed E-state index contributed by atoms with van der Waals surface area (Å²) in [7, 11) is 9.75.